The van der Waals surface area contributed by atoms with Gasteiger partial charge in [0.15, 0.2) is 0 Å². The highest BCUT2D eigenvalue weighted by Crippen LogP contribution is 2.26. The monoisotopic (exact) mass is 274 g/mol. The van der Waals surface area contributed by atoms with Crippen molar-refractivity contribution in [1.82, 2.24) is 5.32 Å². The van der Waals surface area contributed by atoms with E-state index < -0.39 is 6.04 Å². The van der Waals surface area contributed by atoms with Gasteiger partial charge in [-0.1, -0.05) is 31.4 Å². The summed E-state index contributed by atoms with van der Waals surface area (Å²) in [5, 5.41) is 2.91. The van der Waals surface area contributed by atoms with Crippen LogP contribution >= 0.6 is 22.9 Å². The van der Waals surface area contributed by atoms with E-state index in [9.17, 15) is 4.79 Å². The highest BCUT2D eigenvalue weighted by Gasteiger charge is 2.16. The fraction of sp³-hybridized carbons (Fsp3) is 0.583. The van der Waals surface area contributed by atoms with Crippen LogP contribution in [0.5, 0.6) is 0 Å². The maximum atomic E-state index is 11.8. The van der Waals surface area contributed by atoms with Gasteiger partial charge < -0.3 is 11.1 Å². The Balaban J connectivity index is 2.45. The number of nitrogens with two attached hydrogens (primary N) is 1. The lowest BCUT2D eigenvalue weighted by atomic mass is 10.1. The van der Waals surface area contributed by atoms with Crippen LogP contribution in [-0.2, 0) is 4.79 Å². The van der Waals surface area contributed by atoms with Crippen molar-refractivity contribution in [2.24, 2.45) is 5.73 Å². The average molecular weight is 275 g/mol. The molecule has 3 N–H and O–H groups in total. The first-order chi connectivity index (χ1) is 8.04. The lowest BCUT2D eigenvalue weighted by Gasteiger charge is -2.16. The van der Waals surface area contributed by atoms with Crippen LogP contribution in [0, 0.1) is 0 Å². The molecule has 0 aromatic carbocycles. The van der Waals surface area contributed by atoms with Crippen molar-refractivity contribution in [1.29, 1.82) is 0 Å². The maximum absolute atomic E-state index is 11.8. The molecule has 0 radical (unpaired) electrons. The minimum Gasteiger partial charge on any atom is -0.347 e. The van der Waals surface area contributed by atoms with Gasteiger partial charge in [0.05, 0.1) is 16.4 Å². The summed E-state index contributed by atoms with van der Waals surface area (Å²) in [6.07, 6.45) is 2.77. The summed E-state index contributed by atoms with van der Waals surface area (Å²) in [6, 6.07) is 3.32. The smallest absolute Gasteiger partial charge is 0.237 e. The fourth-order valence-electron chi connectivity index (χ4n) is 1.51. The van der Waals surface area contributed by atoms with E-state index in [1.54, 1.807) is 0 Å². The zero-order valence-electron chi connectivity index (χ0n) is 10.2. The van der Waals surface area contributed by atoms with Crippen LogP contribution in [0.3, 0.4) is 0 Å². The number of halogens is 1. The number of hydrogen-bond donors (Lipinski definition) is 2. The van der Waals surface area contributed by atoms with Crippen LogP contribution in [-0.4, -0.2) is 11.9 Å². The average Bonchev–Trinajstić information content (AvgIpc) is 2.72. The molecule has 0 aliphatic carbocycles. The van der Waals surface area contributed by atoms with Gasteiger partial charge in [-0.2, -0.15) is 0 Å². The molecule has 1 amide bonds. The van der Waals surface area contributed by atoms with E-state index in [2.05, 4.69) is 12.2 Å². The minimum atomic E-state index is -0.409. The number of amides is 1. The Kier molecular flexibility index (Phi) is 5.95. The normalized spacial score (nSPS) is 14.4. The summed E-state index contributed by atoms with van der Waals surface area (Å²) in [4.78, 5) is 12.8. The van der Waals surface area contributed by atoms with E-state index in [1.165, 1.54) is 11.3 Å². The molecule has 2 unspecified atom stereocenters. The molecule has 0 aliphatic rings. The molecule has 5 heteroatoms. The van der Waals surface area contributed by atoms with Gasteiger partial charge in [-0.3, -0.25) is 4.79 Å². The molecule has 1 rings (SSSR count). The van der Waals surface area contributed by atoms with Gasteiger partial charge in [0, 0.05) is 4.88 Å². The minimum absolute atomic E-state index is 0.0346. The molecule has 17 heavy (non-hydrogen) atoms. The summed E-state index contributed by atoms with van der Waals surface area (Å²) in [7, 11) is 0. The topological polar surface area (TPSA) is 55.1 Å². The van der Waals surface area contributed by atoms with E-state index in [4.69, 9.17) is 17.3 Å². The van der Waals surface area contributed by atoms with Crippen LogP contribution in [0.4, 0.5) is 0 Å². The number of hydrogen-bond acceptors (Lipinski definition) is 3. The van der Waals surface area contributed by atoms with Gasteiger partial charge >= 0.3 is 0 Å². The lowest BCUT2D eigenvalue weighted by molar-refractivity contribution is -0.123. The first kappa shape index (κ1) is 14.5. The van der Waals surface area contributed by atoms with E-state index >= 15 is 0 Å². The van der Waals surface area contributed by atoms with E-state index in [-0.39, 0.29) is 11.9 Å². The number of nitrogens with one attached hydrogen (secondary N) is 1. The molecule has 96 valence electrons. The number of carbonyl (C=O) groups excluding carboxylic acids is 1. The molecule has 0 saturated heterocycles. The summed E-state index contributed by atoms with van der Waals surface area (Å²) < 4.78 is 0.733. The first-order valence-corrected chi connectivity index (χ1v) is 7.05. The Labute approximate surface area is 111 Å². The van der Waals surface area contributed by atoms with Crippen molar-refractivity contribution in [3.8, 4) is 0 Å². The maximum Gasteiger partial charge on any atom is 0.237 e. The number of carbonyl (C=O) groups is 1. The molecule has 1 heterocycles. The van der Waals surface area contributed by atoms with Gasteiger partial charge in [-0.05, 0) is 25.5 Å². The Morgan fingerprint density at radius 1 is 1.59 bits per heavy atom. The molecule has 1 aromatic rings. The largest absolute Gasteiger partial charge is 0.347 e. The Bertz CT molecular complexity index is 367. The second-order valence-electron chi connectivity index (χ2n) is 4.12. The third-order valence-corrected chi connectivity index (χ3v) is 4.00. The predicted molar refractivity (Wildman–Crippen MR) is 73.4 cm³/mol. The summed E-state index contributed by atoms with van der Waals surface area (Å²) in [6.45, 7) is 4.02. The highest BCUT2D eigenvalue weighted by molar-refractivity contribution is 7.16. The molecule has 3 nitrogen and oxygen atoms in total. The quantitative estimate of drug-likeness (QED) is 0.837. The summed E-state index contributed by atoms with van der Waals surface area (Å²) >= 11 is 7.33. The zero-order chi connectivity index (χ0) is 12.8. The molecule has 1 aromatic heterocycles. The van der Waals surface area contributed by atoms with Crippen LogP contribution < -0.4 is 11.1 Å². The van der Waals surface area contributed by atoms with Crippen molar-refractivity contribution in [2.45, 2.75) is 45.2 Å². The van der Waals surface area contributed by atoms with Gasteiger partial charge in [0.2, 0.25) is 5.91 Å². The fourth-order valence-corrected chi connectivity index (χ4v) is 2.57. The molecule has 2 atom stereocenters. The third-order valence-electron chi connectivity index (χ3n) is 2.58. The second kappa shape index (κ2) is 6.99. The first-order valence-electron chi connectivity index (χ1n) is 5.85. The number of unbranched alkanes of at least 4 members (excludes halogenated alkanes) is 1. The molecule has 0 aliphatic heterocycles. The van der Waals surface area contributed by atoms with Crippen molar-refractivity contribution in [3.05, 3.63) is 21.3 Å². The van der Waals surface area contributed by atoms with E-state index in [1.807, 2.05) is 19.1 Å². The predicted octanol–water partition coefficient (Wildman–Crippen LogP) is 3.10. The molecule has 0 fully saturated rings. The summed E-state index contributed by atoms with van der Waals surface area (Å²) in [5.74, 6) is -0.0875. The van der Waals surface area contributed by atoms with Crippen LogP contribution in [0.25, 0.3) is 0 Å². The number of thiophene rings is 1. The van der Waals surface area contributed by atoms with Crippen molar-refractivity contribution in [2.75, 3.05) is 0 Å². The van der Waals surface area contributed by atoms with E-state index in [0.717, 1.165) is 28.5 Å². The lowest BCUT2D eigenvalue weighted by Crippen LogP contribution is -2.41. The van der Waals surface area contributed by atoms with Gasteiger partial charge in [0.1, 0.15) is 0 Å². The Hall–Kier alpha value is -0.580. The van der Waals surface area contributed by atoms with Crippen LogP contribution in [0.1, 0.15) is 44.0 Å². The standard InChI is InChI=1S/C12H19ClN2OS/c1-3-4-5-9(14)12(16)15-8(2)10-6-7-11(13)17-10/h6-9H,3-5,14H2,1-2H3,(H,15,16). The SMILES string of the molecule is CCCCC(N)C(=O)NC(C)c1ccc(Cl)s1. The molecule has 0 saturated carbocycles. The van der Waals surface area contributed by atoms with Gasteiger partial charge in [-0.25, -0.2) is 0 Å². The Morgan fingerprint density at radius 2 is 2.29 bits per heavy atom. The molecular formula is C12H19ClN2OS. The van der Waals surface area contributed by atoms with Gasteiger partial charge in [0.25, 0.3) is 0 Å². The summed E-state index contributed by atoms with van der Waals surface area (Å²) in [5.41, 5.74) is 5.80. The van der Waals surface area contributed by atoms with E-state index in [0.29, 0.717) is 0 Å². The van der Waals surface area contributed by atoms with Crippen molar-refractivity contribution < 1.29 is 4.79 Å². The highest BCUT2D eigenvalue weighted by atomic mass is 35.5. The third kappa shape index (κ3) is 4.66. The van der Waals surface area contributed by atoms with Gasteiger partial charge in [-0.15, -0.1) is 11.3 Å². The zero-order valence-corrected chi connectivity index (χ0v) is 11.8. The molecule has 0 bridgehead atoms. The molecule has 0 spiro atoms. The molecular weight excluding hydrogens is 256 g/mol. The van der Waals surface area contributed by atoms with Crippen LogP contribution in [0.15, 0.2) is 12.1 Å². The number of rotatable bonds is 6. The van der Waals surface area contributed by atoms with Crippen molar-refractivity contribution in [3.63, 3.8) is 0 Å². The second-order valence-corrected chi connectivity index (χ2v) is 5.87. The van der Waals surface area contributed by atoms with Crippen molar-refractivity contribution >= 4 is 28.8 Å². The van der Waals surface area contributed by atoms with Crippen LogP contribution in [0.2, 0.25) is 4.34 Å². The Morgan fingerprint density at radius 3 is 2.82 bits per heavy atom.